The van der Waals surface area contributed by atoms with Gasteiger partial charge in [-0.25, -0.2) is 0 Å². The van der Waals surface area contributed by atoms with Crippen LogP contribution in [0, 0.1) is 13.8 Å². The fourth-order valence-electron chi connectivity index (χ4n) is 3.80. The maximum absolute atomic E-state index is 5.75. The highest BCUT2D eigenvalue weighted by molar-refractivity contribution is 5.56. The van der Waals surface area contributed by atoms with E-state index in [1.165, 1.54) is 11.1 Å². The summed E-state index contributed by atoms with van der Waals surface area (Å²) in [5.41, 5.74) is 4.70. The predicted molar refractivity (Wildman–Crippen MR) is 109 cm³/mol. The van der Waals surface area contributed by atoms with Crippen molar-refractivity contribution >= 4 is 0 Å². The molecule has 0 radical (unpaired) electrons. The molecule has 1 aliphatic heterocycles. The van der Waals surface area contributed by atoms with Crippen molar-refractivity contribution in [3.05, 3.63) is 65.0 Å². The highest BCUT2D eigenvalue weighted by Gasteiger charge is 2.22. The van der Waals surface area contributed by atoms with Gasteiger partial charge in [0.15, 0.2) is 5.76 Å². The lowest BCUT2D eigenvalue weighted by Crippen LogP contribution is -2.42. The number of rotatable bonds is 7. The highest BCUT2D eigenvalue weighted by atomic mass is 16.5. The predicted octanol–water partition coefficient (Wildman–Crippen LogP) is 3.45. The topological polar surface area (TPSA) is 66.3 Å². The molecular weight excluding hydrogens is 352 g/mol. The SMILES string of the molecule is Cc1cccc(C(CNCc2cn[nH]c2-c2ccc(C)o2)N2CCOCC2)c1. The Bertz CT molecular complexity index is 895. The summed E-state index contributed by atoms with van der Waals surface area (Å²) in [5, 5.41) is 10.9. The van der Waals surface area contributed by atoms with Crippen LogP contribution in [0.4, 0.5) is 0 Å². The molecule has 0 aliphatic carbocycles. The van der Waals surface area contributed by atoms with Gasteiger partial charge in [0.25, 0.3) is 0 Å². The molecule has 28 heavy (non-hydrogen) atoms. The summed E-state index contributed by atoms with van der Waals surface area (Å²) in [6.07, 6.45) is 1.87. The number of hydrogen-bond acceptors (Lipinski definition) is 5. The summed E-state index contributed by atoms with van der Waals surface area (Å²) >= 11 is 0. The van der Waals surface area contributed by atoms with Crippen LogP contribution in [0.2, 0.25) is 0 Å². The van der Waals surface area contributed by atoms with Crippen molar-refractivity contribution in [3.8, 4) is 11.5 Å². The summed E-state index contributed by atoms with van der Waals surface area (Å²) in [5.74, 6) is 1.73. The summed E-state index contributed by atoms with van der Waals surface area (Å²) in [7, 11) is 0. The number of H-pyrrole nitrogens is 1. The molecule has 1 unspecified atom stereocenters. The van der Waals surface area contributed by atoms with Crippen molar-refractivity contribution in [2.75, 3.05) is 32.8 Å². The van der Waals surface area contributed by atoms with Gasteiger partial charge in [-0.2, -0.15) is 5.10 Å². The smallest absolute Gasteiger partial charge is 0.152 e. The number of aromatic amines is 1. The first-order valence-corrected chi connectivity index (χ1v) is 9.89. The lowest BCUT2D eigenvalue weighted by atomic mass is 10.0. The molecular formula is C22H28N4O2. The van der Waals surface area contributed by atoms with Gasteiger partial charge in [0.2, 0.25) is 0 Å². The maximum atomic E-state index is 5.75. The molecule has 1 fully saturated rings. The van der Waals surface area contributed by atoms with Crippen molar-refractivity contribution in [3.63, 3.8) is 0 Å². The van der Waals surface area contributed by atoms with E-state index in [0.29, 0.717) is 6.04 Å². The van der Waals surface area contributed by atoms with E-state index in [1.807, 2.05) is 25.3 Å². The highest BCUT2D eigenvalue weighted by Crippen LogP contribution is 2.25. The fourth-order valence-corrected chi connectivity index (χ4v) is 3.80. The minimum atomic E-state index is 0.324. The average Bonchev–Trinajstić information content (AvgIpc) is 3.34. The second kappa shape index (κ2) is 8.73. The number of benzene rings is 1. The van der Waals surface area contributed by atoms with E-state index in [1.54, 1.807) is 0 Å². The molecule has 0 saturated carbocycles. The van der Waals surface area contributed by atoms with E-state index >= 15 is 0 Å². The summed E-state index contributed by atoms with van der Waals surface area (Å²) < 4.78 is 11.3. The Kier molecular flexibility index (Phi) is 5.90. The Morgan fingerprint density at radius 1 is 1.18 bits per heavy atom. The minimum Gasteiger partial charge on any atom is -0.460 e. The maximum Gasteiger partial charge on any atom is 0.152 e. The van der Waals surface area contributed by atoms with Crippen LogP contribution in [0.1, 0.15) is 28.5 Å². The molecule has 1 aromatic carbocycles. The molecule has 3 heterocycles. The summed E-state index contributed by atoms with van der Waals surface area (Å²) in [6, 6.07) is 13.1. The molecule has 148 valence electrons. The second-order valence-electron chi connectivity index (χ2n) is 7.39. The number of furan rings is 1. The molecule has 2 aromatic heterocycles. The zero-order chi connectivity index (χ0) is 19.3. The molecule has 2 N–H and O–H groups in total. The fraction of sp³-hybridized carbons (Fsp3) is 0.409. The van der Waals surface area contributed by atoms with Crippen molar-refractivity contribution in [2.45, 2.75) is 26.4 Å². The third-order valence-corrected chi connectivity index (χ3v) is 5.27. The van der Waals surface area contributed by atoms with Crippen LogP contribution in [0.5, 0.6) is 0 Å². The zero-order valence-corrected chi connectivity index (χ0v) is 16.6. The Hall–Kier alpha value is -2.41. The van der Waals surface area contributed by atoms with Gasteiger partial charge in [0, 0.05) is 37.8 Å². The Balaban J connectivity index is 1.46. The number of aryl methyl sites for hydroxylation is 2. The van der Waals surface area contributed by atoms with Gasteiger partial charge < -0.3 is 14.5 Å². The first kappa shape index (κ1) is 18.9. The van der Waals surface area contributed by atoms with Gasteiger partial charge in [0.05, 0.1) is 19.4 Å². The van der Waals surface area contributed by atoms with E-state index in [9.17, 15) is 0 Å². The van der Waals surface area contributed by atoms with Crippen LogP contribution >= 0.6 is 0 Å². The standard InChI is InChI=1S/C22H28N4O2/c1-16-4-3-5-18(12-16)20(26-8-10-27-11-9-26)15-23-13-19-14-24-25-22(19)21-7-6-17(2)28-21/h3-7,12,14,20,23H,8-11,13,15H2,1-2H3,(H,24,25). The quantitative estimate of drug-likeness (QED) is 0.657. The molecule has 6 nitrogen and oxygen atoms in total. The second-order valence-corrected chi connectivity index (χ2v) is 7.39. The van der Waals surface area contributed by atoms with E-state index in [0.717, 1.165) is 62.2 Å². The molecule has 0 amide bonds. The van der Waals surface area contributed by atoms with Crippen molar-refractivity contribution in [1.29, 1.82) is 0 Å². The Morgan fingerprint density at radius 2 is 2.04 bits per heavy atom. The molecule has 1 aliphatic rings. The van der Waals surface area contributed by atoms with Crippen LogP contribution in [0.25, 0.3) is 11.5 Å². The molecule has 1 atom stereocenters. The molecule has 0 bridgehead atoms. The van der Waals surface area contributed by atoms with E-state index in [-0.39, 0.29) is 0 Å². The molecule has 1 saturated heterocycles. The first-order chi connectivity index (χ1) is 13.7. The van der Waals surface area contributed by atoms with E-state index < -0.39 is 0 Å². The minimum absolute atomic E-state index is 0.324. The van der Waals surface area contributed by atoms with Crippen LogP contribution in [0.3, 0.4) is 0 Å². The van der Waals surface area contributed by atoms with Crippen LogP contribution in [-0.2, 0) is 11.3 Å². The zero-order valence-electron chi connectivity index (χ0n) is 16.6. The van der Waals surface area contributed by atoms with Gasteiger partial charge in [-0.1, -0.05) is 29.8 Å². The average molecular weight is 380 g/mol. The van der Waals surface area contributed by atoms with Crippen molar-refractivity contribution in [1.82, 2.24) is 20.4 Å². The summed E-state index contributed by atoms with van der Waals surface area (Å²) in [4.78, 5) is 2.51. The van der Waals surface area contributed by atoms with E-state index in [4.69, 9.17) is 9.15 Å². The van der Waals surface area contributed by atoms with Crippen molar-refractivity contribution in [2.24, 2.45) is 0 Å². The van der Waals surface area contributed by atoms with Gasteiger partial charge >= 0.3 is 0 Å². The monoisotopic (exact) mass is 380 g/mol. The molecule has 4 rings (SSSR count). The van der Waals surface area contributed by atoms with Crippen LogP contribution < -0.4 is 5.32 Å². The number of ether oxygens (including phenoxy) is 1. The van der Waals surface area contributed by atoms with Gasteiger partial charge in [0.1, 0.15) is 11.5 Å². The number of nitrogens with zero attached hydrogens (tertiary/aromatic N) is 2. The lowest BCUT2D eigenvalue weighted by molar-refractivity contribution is 0.0161. The van der Waals surface area contributed by atoms with Crippen molar-refractivity contribution < 1.29 is 9.15 Å². The van der Waals surface area contributed by atoms with E-state index in [2.05, 4.69) is 51.6 Å². The number of hydrogen-bond donors (Lipinski definition) is 2. The van der Waals surface area contributed by atoms with Gasteiger partial charge in [-0.15, -0.1) is 0 Å². The Morgan fingerprint density at radius 3 is 2.79 bits per heavy atom. The normalized spacial score (nSPS) is 16.4. The largest absolute Gasteiger partial charge is 0.460 e. The molecule has 3 aromatic rings. The molecule has 6 heteroatoms. The number of nitrogens with one attached hydrogen (secondary N) is 2. The lowest BCUT2D eigenvalue weighted by Gasteiger charge is -2.35. The van der Waals surface area contributed by atoms with Crippen LogP contribution in [0.15, 0.2) is 47.0 Å². The van der Waals surface area contributed by atoms with Gasteiger partial charge in [-0.05, 0) is 31.5 Å². The van der Waals surface area contributed by atoms with Gasteiger partial charge in [-0.3, -0.25) is 10.00 Å². The Labute approximate surface area is 165 Å². The molecule has 0 spiro atoms. The third-order valence-electron chi connectivity index (χ3n) is 5.27. The number of morpholine rings is 1. The summed E-state index contributed by atoms with van der Waals surface area (Å²) in [6.45, 7) is 9.22. The third kappa shape index (κ3) is 4.35. The number of aromatic nitrogens is 2. The first-order valence-electron chi connectivity index (χ1n) is 9.89. The van der Waals surface area contributed by atoms with Crippen LogP contribution in [-0.4, -0.2) is 47.9 Å².